The molecular weight excluding hydrogens is 232 g/mol. The fraction of sp³-hybridized carbons (Fsp3) is 0. The van der Waals surface area contributed by atoms with Crippen LogP contribution in [0.25, 0.3) is 0 Å². The molecule has 2 rings (SSSR count). The molecule has 0 bridgehead atoms. The molecule has 1 aromatic carbocycles. The Kier molecular flexibility index (Phi) is 3.60. The number of hydrazone groups is 1. The molecule has 6 nitrogen and oxygen atoms in total. The molecule has 1 heterocycles. The number of nitrogens with one attached hydrogen (secondary N) is 1. The number of hydrogen-bond donors (Lipinski definition) is 1. The van der Waals surface area contributed by atoms with Crippen LogP contribution in [-0.4, -0.2) is 16.1 Å². The Labute approximate surface area is 103 Å². The molecule has 0 spiro atoms. The quantitative estimate of drug-likeness (QED) is 0.507. The predicted octanol–water partition coefficient (Wildman–Crippen LogP) is 2.44. The number of benzene rings is 1. The highest BCUT2D eigenvalue weighted by Crippen LogP contribution is 2.11. The SMILES string of the molecule is O=[N+]([O-])c1cccc(/C=N\Nc2ccccn2)c1. The van der Waals surface area contributed by atoms with Crippen LogP contribution in [0.15, 0.2) is 53.8 Å². The number of non-ortho nitro benzene ring substituents is 1. The van der Waals surface area contributed by atoms with Crippen LogP contribution in [0.3, 0.4) is 0 Å². The van der Waals surface area contributed by atoms with Crippen LogP contribution in [-0.2, 0) is 0 Å². The summed E-state index contributed by atoms with van der Waals surface area (Å²) in [5.41, 5.74) is 3.41. The summed E-state index contributed by atoms with van der Waals surface area (Å²) in [7, 11) is 0. The maximum Gasteiger partial charge on any atom is 0.270 e. The maximum atomic E-state index is 10.6. The number of nitrogens with zero attached hydrogens (tertiary/aromatic N) is 3. The van der Waals surface area contributed by atoms with Crippen LogP contribution in [0.4, 0.5) is 11.5 Å². The van der Waals surface area contributed by atoms with E-state index in [1.165, 1.54) is 18.3 Å². The minimum Gasteiger partial charge on any atom is -0.261 e. The van der Waals surface area contributed by atoms with E-state index < -0.39 is 4.92 Å². The number of aromatic nitrogens is 1. The predicted molar refractivity (Wildman–Crippen MR) is 68.6 cm³/mol. The summed E-state index contributed by atoms with van der Waals surface area (Å²) in [5.74, 6) is 0.610. The van der Waals surface area contributed by atoms with E-state index in [1.807, 2.05) is 6.07 Å². The van der Waals surface area contributed by atoms with Gasteiger partial charge in [-0.2, -0.15) is 5.10 Å². The zero-order valence-corrected chi connectivity index (χ0v) is 9.35. The molecule has 0 radical (unpaired) electrons. The van der Waals surface area contributed by atoms with Gasteiger partial charge < -0.3 is 0 Å². The van der Waals surface area contributed by atoms with Gasteiger partial charge in [0.2, 0.25) is 0 Å². The highest BCUT2D eigenvalue weighted by atomic mass is 16.6. The molecule has 1 N–H and O–H groups in total. The number of rotatable bonds is 4. The molecule has 0 aliphatic heterocycles. The standard InChI is InChI=1S/C12H10N4O2/c17-16(18)11-5-3-4-10(8-11)9-14-15-12-6-1-2-7-13-12/h1-9H,(H,13,15)/b14-9-. The summed E-state index contributed by atoms with van der Waals surface area (Å²) in [6.07, 6.45) is 3.15. The second-order valence-corrected chi connectivity index (χ2v) is 3.44. The molecule has 90 valence electrons. The van der Waals surface area contributed by atoms with Gasteiger partial charge >= 0.3 is 0 Å². The van der Waals surface area contributed by atoms with Gasteiger partial charge in [0, 0.05) is 23.9 Å². The maximum absolute atomic E-state index is 10.6. The van der Waals surface area contributed by atoms with Crippen molar-refractivity contribution in [1.29, 1.82) is 0 Å². The fourth-order valence-electron chi connectivity index (χ4n) is 1.32. The first-order valence-electron chi connectivity index (χ1n) is 5.20. The van der Waals surface area contributed by atoms with Crippen molar-refractivity contribution in [3.63, 3.8) is 0 Å². The van der Waals surface area contributed by atoms with E-state index in [1.54, 1.807) is 30.5 Å². The van der Waals surface area contributed by atoms with Crippen molar-refractivity contribution in [2.24, 2.45) is 5.10 Å². The van der Waals surface area contributed by atoms with Crippen LogP contribution in [0, 0.1) is 10.1 Å². The van der Waals surface area contributed by atoms with Gasteiger partial charge in [-0.1, -0.05) is 18.2 Å². The van der Waals surface area contributed by atoms with E-state index in [2.05, 4.69) is 15.5 Å². The van der Waals surface area contributed by atoms with E-state index in [4.69, 9.17) is 0 Å². The molecular formula is C12H10N4O2. The van der Waals surface area contributed by atoms with Crippen LogP contribution < -0.4 is 5.43 Å². The monoisotopic (exact) mass is 242 g/mol. The molecule has 0 saturated carbocycles. The summed E-state index contributed by atoms with van der Waals surface area (Å²) >= 11 is 0. The van der Waals surface area contributed by atoms with Crippen LogP contribution in [0.5, 0.6) is 0 Å². The number of hydrogen-bond acceptors (Lipinski definition) is 5. The van der Waals surface area contributed by atoms with Crippen molar-refractivity contribution in [2.45, 2.75) is 0 Å². The average molecular weight is 242 g/mol. The van der Waals surface area contributed by atoms with E-state index in [9.17, 15) is 10.1 Å². The fourth-order valence-corrected chi connectivity index (χ4v) is 1.32. The first-order valence-corrected chi connectivity index (χ1v) is 5.20. The number of anilines is 1. The first kappa shape index (κ1) is 11.7. The second kappa shape index (κ2) is 5.53. The lowest BCUT2D eigenvalue weighted by atomic mass is 10.2. The highest BCUT2D eigenvalue weighted by Gasteiger charge is 2.03. The van der Waals surface area contributed by atoms with Crippen LogP contribution in [0.2, 0.25) is 0 Å². The third-order valence-corrected chi connectivity index (χ3v) is 2.14. The molecule has 18 heavy (non-hydrogen) atoms. The Balaban J connectivity index is 2.05. The summed E-state index contributed by atoms with van der Waals surface area (Å²) in [4.78, 5) is 14.2. The van der Waals surface area contributed by atoms with Gasteiger partial charge in [-0.05, 0) is 12.1 Å². The molecule has 0 amide bonds. The Morgan fingerprint density at radius 1 is 1.28 bits per heavy atom. The Morgan fingerprint density at radius 2 is 2.17 bits per heavy atom. The van der Waals surface area contributed by atoms with Gasteiger partial charge in [-0.3, -0.25) is 15.5 Å². The average Bonchev–Trinajstić information content (AvgIpc) is 2.40. The van der Waals surface area contributed by atoms with Crippen molar-refractivity contribution in [2.75, 3.05) is 5.43 Å². The topological polar surface area (TPSA) is 80.4 Å². The number of pyridine rings is 1. The smallest absolute Gasteiger partial charge is 0.261 e. The van der Waals surface area contributed by atoms with Crippen molar-refractivity contribution >= 4 is 17.7 Å². The molecule has 0 fully saturated rings. The zero-order chi connectivity index (χ0) is 12.8. The van der Waals surface area contributed by atoms with Gasteiger partial charge in [-0.15, -0.1) is 0 Å². The third kappa shape index (κ3) is 3.11. The molecule has 0 atom stereocenters. The lowest BCUT2D eigenvalue weighted by molar-refractivity contribution is -0.384. The van der Waals surface area contributed by atoms with E-state index in [-0.39, 0.29) is 5.69 Å². The van der Waals surface area contributed by atoms with Gasteiger partial charge in [-0.25, -0.2) is 4.98 Å². The van der Waals surface area contributed by atoms with Gasteiger partial charge in [0.05, 0.1) is 11.1 Å². The van der Waals surface area contributed by atoms with Gasteiger partial charge in [0.15, 0.2) is 0 Å². The molecule has 1 aromatic heterocycles. The van der Waals surface area contributed by atoms with E-state index >= 15 is 0 Å². The van der Waals surface area contributed by atoms with Gasteiger partial charge in [0.25, 0.3) is 5.69 Å². The normalized spacial score (nSPS) is 10.4. The Morgan fingerprint density at radius 3 is 2.89 bits per heavy atom. The van der Waals surface area contributed by atoms with Crippen molar-refractivity contribution in [3.8, 4) is 0 Å². The molecule has 0 aliphatic carbocycles. The second-order valence-electron chi connectivity index (χ2n) is 3.44. The van der Waals surface area contributed by atoms with Crippen molar-refractivity contribution < 1.29 is 4.92 Å². The summed E-state index contributed by atoms with van der Waals surface area (Å²) in [6.45, 7) is 0. The first-order chi connectivity index (χ1) is 8.75. The zero-order valence-electron chi connectivity index (χ0n) is 9.35. The molecule has 0 aliphatic rings. The Bertz CT molecular complexity index is 569. The van der Waals surface area contributed by atoms with Crippen LogP contribution >= 0.6 is 0 Å². The lowest BCUT2D eigenvalue weighted by Gasteiger charge is -1.97. The minimum atomic E-state index is -0.441. The van der Waals surface area contributed by atoms with Crippen molar-refractivity contribution in [1.82, 2.24) is 4.98 Å². The minimum absolute atomic E-state index is 0.0387. The number of nitro groups is 1. The van der Waals surface area contributed by atoms with Gasteiger partial charge in [0.1, 0.15) is 5.82 Å². The summed E-state index contributed by atoms with van der Waals surface area (Å²) in [6, 6.07) is 11.6. The van der Waals surface area contributed by atoms with Crippen LogP contribution in [0.1, 0.15) is 5.56 Å². The van der Waals surface area contributed by atoms with Crippen molar-refractivity contribution in [3.05, 3.63) is 64.3 Å². The Hall–Kier alpha value is -2.76. The molecule has 0 unspecified atom stereocenters. The van der Waals surface area contributed by atoms with E-state index in [0.29, 0.717) is 11.4 Å². The number of nitro benzene ring substituents is 1. The molecule has 2 aromatic rings. The summed E-state index contributed by atoms with van der Waals surface area (Å²) in [5, 5.41) is 14.5. The summed E-state index contributed by atoms with van der Waals surface area (Å²) < 4.78 is 0. The molecule has 6 heteroatoms. The largest absolute Gasteiger partial charge is 0.270 e. The van der Waals surface area contributed by atoms with E-state index in [0.717, 1.165) is 0 Å². The highest BCUT2D eigenvalue weighted by molar-refractivity contribution is 5.81. The lowest BCUT2D eigenvalue weighted by Crippen LogP contribution is -1.93. The molecule has 0 saturated heterocycles. The third-order valence-electron chi connectivity index (χ3n) is 2.14.